The minimum absolute atomic E-state index is 0.463. The Morgan fingerprint density at radius 2 is 2.30 bits per heavy atom. The van der Waals surface area contributed by atoms with Crippen LogP contribution in [0.25, 0.3) is 0 Å². The van der Waals surface area contributed by atoms with Crippen molar-refractivity contribution in [2.24, 2.45) is 0 Å². The van der Waals surface area contributed by atoms with Gasteiger partial charge in [-0.05, 0) is 19.4 Å². The van der Waals surface area contributed by atoms with E-state index >= 15 is 0 Å². The Bertz CT molecular complexity index is 128. The lowest BCUT2D eigenvalue weighted by Crippen LogP contribution is -2.38. The zero-order valence-electron chi connectivity index (χ0n) is 6.55. The standard InChI is InChI=1S/C7H14N2S/c1-9(2)7(10)6-4-3-5-8-6/h6,8H,3-5H2,1-2H3/t6-/m0/s1. The van der Waals surface area contributed by atoms with Crippen LogP contribution >= 0.6 is 12.2 Å². The highest BCUT2D eigenvalue weighted by molar-refractivity contribution is 7.80. The first kappa shape index (κ1) is 7.95. The molecule has 0 radical (unpaired) electrons. The molecule has 10 heavy (non-hydrogen) atoms. The van der Waals surface area contributed by atoms with Gasteiger partial charge >= 0.3 is 0 Å². The van der Waals surface area contributed by atoms with E-state index in [1.54, 1.807) is 0 Å². The number of likely N-dealkylation sites (N-methyl/N-ethyl adjacent to an activating group) is 1. The Morgan fingerprint density at radius 1 is 1.60 bits per heavy atom. The van der Waals surface area contributed by atoms with Gasteiger partial charge in [-0.1, -0.05) is 12.2 Å². The average Bonchev–Trinajstić information content (AvgIpc) is 2.36. The monoisotopic (exact) mass is 158 g/mol. The number of nitrogens with zero attached hydrogens (tertiary/aromatic N) is 1. The maximum atomic E-state index is 5.20. The van der Waals surface area contributed by atoms with Crippen LogP contribution in [-0.4, -0.2) is 36.6 Å². The molecule has 1 aliphatic rings. The van der Waals surface area contributed by atoms with Gasteiger partial charge in [0.25, 0.3) is 0 Å². The van der Waals surface area contributed by atoms with Gasteiger partial charge in [0, 0.05) is 14.1 Å². The summed E-state index contributed by atoms with van der Waals surface area (Å²) in [6, 6.07) is 0.463. The molecule has 0 saturated carbocycles. The first-order valence-electron chi connectivity index (χ1n) is 3.66. The summed E-state index contributed by atoms with van der Waals surface area (Å²) in [5.74, 6) is 0. The van der Waals surface area contributed by atoms with Gasteiger partial charge in [-0.15, -0.1) is 0 Å². The Hall–Kier alpha value is -0.150. The first-order valence-corrected chi connectivity index (χ1v) is 4.07. The molecule has 58 valence electrons. The fourth-order valence-corrected chi connectivity index (χ4v) is 1.41. The van der Waals surface area contributed by atoms with Crippen LogP contribution in [0.4, 0.5) is 0 Å². The minimum atomic E-state index is 0.463. The molecule has 3 heteroatoms. The van der Waals surface area contributed by atoms with Gasteiger partial charge in [-0.25, -0.2) is 0 Å². The topological polar surface area (TPSA) is 15.3 Å². The van der Waals surface area contributed by atoms with Gasteiger partial charge in [0.05, 0.1) is 11.0 Å². The first-order chi connectivity index (χ1) is 4.72. The fraction of sp³-hybridized carbons (Fsp3) is 0.857. The third kappa shape index (κ3) is 1.67. The molecule has 1 saturated heterocycles. The van der Waals surface area contributed by atoms with Crippen molar-refractivity contribution < 1.29 is 0 Å². The molecule has 1 N–H and O–H groups in total. The van der Waals surface area contributed by atoms with E-state index in [1.807, 2.05) is 19.0 Å². The van der Waals surface area contributed by atoms with Crippen LogP contribution in [0.5, 0.6) is 0 Å². The molecule has 1 aliphatic heterocycles. The number of hydrogen-bond acceptors (Lipinski definition) is 2. The average molecular weight is 158 g/mol. The zero-order chi connectivity index (χ0) is 7.56. The largest absolute Gasteiger partial charge is 0.371 e. The summed E-state index contributed by atoms with van der Waals surface area (Å²) < 4.78 is 0. The molecule has 0 aromatic heterocycles. The quantitative estimate of drug-likeness (QED) is 0.563. The van der Waals surface area contributed by atoms with Crippen molar-refractivity contribution in [3.8, 4) is 0 Å². The maximum Gasteiger partial charge on any atom is 0.0946 e. The van der Waals surface area contributed by atoms with Crippen molar-refractivity contribution >= 4 is 17.2 Å². The summed E-state index contributed by atoms with van der Waals surface area (Å²) in [5, 5.41) is 3.35. The van der Waals surface area contributed by atoms with Gasteiger partial charge in [-0.2, -0.15) is 0 Å². The van der Waals surface area contributed by atoms with Crippen molar-refractivity contribution in [2.75, 3.05) is 20.6 Å². The molecule has 0 aromatic rings. The predicted molar refractivity (Wildman–Crippen MR) is 47.3 cm³/mol. The van der Waals surface area contributed by atoms with Crippen LogP contribution in [0.1, 0.15) is 12.8 Å². The van der Waals surface area contributed by atoms with E-state index in [2.05, 4.69) is 5.32 Å². The van der Waals surface area contributed by atoms with E-state index in [9.17, 15) is 0 Å². The van der Waals surface area contributed by atoms with Crippen molar-refractivity contribution in [1.82, 2.24) is 10.2 Å². The molecule has 0 spiro atoms. The van der Waals surface area contributed by atoms with E-state index in [-0.39, 0.29) is 0 Å². The Balaban J connectivity index is 2.40. The van der Waals surface area contributed by atoms with Crippen LogP contribution in [0.15, 0.2) is 0 Å². The van der Waals surface area contributed by atoms with Crippen LogP contribution in [0.3, 0.4) is 0 Å². The van der Waals surface area contributed by atoms with Gasteiger partial charge in [0.1, 0.15) is 0 Å². The SMILES string of the molecule is CN(C)C(=S)[C@@H]1CCCN1. The highest BCUT2D eigenvalue weighted by atomic mass is 32.1. The number of nitrogens with one attached hydrogen (secondary N) is 1. The van der Waals surface area contributed by atoms with Crippen molar-refractivity contribution in [2.45, 2.75) is 18.9 Å². The number of thiocarbonyl (C=S) groups is 1. The van der Waals surface area contributed by atoms with Gasteiger partial charge < -0.3 is 10.2 Å². The highest BCUT2D eigenvalue weighted by Gasteiger charge is 2.19. The maximum absolute atomic E-state index is 5.20. The number of hydrogen-bond donors (Lipinski definition) is 1. The lowest BCUT2D eigenvalue weighted by atomic mass is 10.2. The molecule has 1 fully saturated rings. The normalized spacial score (nSPS) is 24.8. The molecule has 1 heterocycles. The Labute approximate surface area is 67.6 Å². The van der Waals surface area contributed by atoms with Crippen molar-refractivity contribution in [3.63, 3.8) is 0 Å². The second-order valence-corrected chi connectivity index (χ2v) is 3.30. The summed E-state index contributed by atoms with van der Waals surface area (Å²) in [5.41, 5.74) is 0. The van der Waals surface area contributed by atoms with Crippen LogP contribution in [0, 0.1) is 0 Å². The predicted octanol–water partition coefficient (Wildman–Crippen LogP) is 0.627. The Kier molecular flexibility index (Phi) is 2.63. The molecule has 2 nitrogen and oxygen atoms in total. The van der Waals surface area contributed by atoms with E-state index in [0.717, 1.165) is 11.5 Å². The van der Waals surface area contributed by atoms with Crippen LogP contribution < -0.4 is 5.32 Å². The molecule has 0 unspecified atom stereocenters. The van der Waals surface area contributed by atoms with E-state index in [1.165, 1.54) is 12.8 Å². The van der Waals surface area contributed by atoms with Crippen LogP contribution in [-0.2, 0) is 0 Å². The summed E-state index contributed by atoms with van der Waals surface area (Å²) in [6.45, 7) is 1.12. The van der Waals surface area contributed by atoms with Gasteiger partial charge in [0.2, 0.25) is 0 Å². The van der Waals surface area contributed by atoms with Crippen LogP contribution in [0.2, 0.25) is 0 Å². The molecule has 1 atom stereocenters. The van der Waals surface area contributed by atoms with E-state index in [0.29, 0.717) is 6.04 Å². The lowest BCUT2D eigenvalue weighted by Gasteiger charge is -2.19. The molecule has 0 aliphatic carbocycles. The molecule has 1 rings (SSSR count). The summed E-state index contributed by atoms with van der Waals surface area (Å²) in [7, 11) is 4.00. The van der Waals surface area contributed by atoms with Crippen molar-refractivity contribution in [1.29, 1.82) is 0 Å². The third-order valence-corrected chi connectivity index (χ3v) is 2.45. The second kappa shape index (κ2) is 3.30. The highest BCUT2D eigenvalue weighted by Crippen LogP contribution is 2.07. The summed E-state index contributed by atoms with van der Waals surface area (Å²) in [4.78, 5) is 3.05. The zero-order valence-corrected chi connectivity index (χ0v) is 7.37. The molecular weight excluding hydrogens is 144 g/mol. The summed E-state index contributed by atoms with van der Waals surface area (Å²) >= 11 is 5.20. The molecule has 0 bridgehead atoms. The van der Waals surface area contributed by atoms with Gasteiger partial charge in [-0.3, -0.25) is 0 Å². The second-order valence-electron chi connectivity index (χ2n) is 2.88. The Morgan fingerprint density at radius 3 is 2.70 bits per heavy atom. The minimum Gasteiger partial charge on any atom is -0.371 e. The fourth-order valence-electron chi connectivity index (χ4n) is 1.21. The molecule has 0 aromatic carbocycles. The molecular formula is C7H14N2S. The smallest absolute Gasteiger partial charge is 0.0946 e. The third-order valence-electron chi connectivity index (χ3n) is 1.80. The lowest BCUT2D eigenvalue weighted by molar-refractivity contribution is 0.583. The van der Waals surface area contributed by atoms with Crippen molar-refractivity contribution in [3.05, 3.63) is 0 Å². The van der Waals surface area contributed by atoms with E-state index in [4.69, 9.17) is 12.2 Å². The number of rotatable bonds is 1. The molecule has 0 amide bonds. The van der Waals surface area contributed by atoms with Gasteiger partial charge in [0.15, 0.2) is 0 Å². The van der Waals surface area contributed by atoms with E-state index < -0.39 is 0 Å². The summed E-state index contributed by atoms with van der Waals surface area (Å²) in [6.07, 6.45) is 2.47.